The number of nitrogens with zero attached hydrogens (tertiary/aromatic N) is 5. The molecule has 0 aliphatic carbocycles. The van der Waals surface area contributed by atoms with E-state index in [4.69, 9.17) is 0 Å². The quantitative estimate of drug-likeness (QED) is 0.416. The van der Waals surface area contributed by atoms with Crippen molar-refractivity contribution in [2.75, 3.05) is 19.6 Å². The molecule has 0 radical (unpaired) electrons. The topological polar surface area (TPSA) is 81.2 Å². The molecule has 2 aromatic heterocycles. The average Bonchev–Trinajstić information content (AvgIpc) is 3.27. The Bertz CT molecular complexity index is 757. The highest BCUT2D eigenvalue weighted by atomic mass is 16.2. The molecule has 0 saturated heterocycles. The van der Waals surface area contributed by atoms with Crippen LogP contribution in [0.15, 0.2) is 34.3 Å². The maximum absolute atomic E-state index is 12.3. The molecule has 1 aliphatic rings. The van der Waals surface area contributed by atoms with E-state index in [2.05, 4.69) is 32.2 Å². The number of hydrogen-bond donors (Lipinski definition) is 2. The third-order valence-corrected chi connectivity index (χ3v) is 4.50. The molecule has 3 heterocycles. The van der Waals surface area contributed by atoms with Gasteiger partial charge in [0.1, 0.15) is 5.82 Å². The number of hydrogen-bond acceptors (Lipinski definition) is 3. The number of aromatic nitrogens is 4. The Morgan fingerprint density at radius 3 is 2.85 bits per heavy atom. The Kier molecular flexibility index (Phi) is 6.51. The standard InChI is InChI=1S/C18H29N7O/c1-2-19-17(21-10-15-23-11-5-6-12-23)20-9-7-14-25-18(26)24-13-4-3-8-16(24)22-25/h5-6,11-12H,2-4,7-10,13-15H2,1H3,(H2,19,20,21). The van der Waals surface area contributed by atoms with Crippen LogP contribution in [0.4, 0.5) is 0 Å². The van der Waals surface area contributed by atoms with Gasteiger partial charge < -0.3 is 15.2 Å². The van der Waals surface area contributed by atoms with Crippen molar-refractivity contribution >= 4 is 5.96 Å². The Balaban J connectivity index is 1.46. The number of guanidine groups is 1. The summed E-state index contributed by atoms with van der Waals surface area (Å²) in [6.07, 6.45) is 8.01. The van der Waals surface area contributed by atoms with Gasteiger partial charge in [0.2, 0.25) is 0 Å². The van der Waals surface area contributed by atoms with Crippen LogP contribution >= 0.6 is 0 Å². The first kappa shape index (κ1) is 18.3. The summed E-state index contributed by atoms with van der Waals surface area (Å²) in [7, 11) is 0. The molecule has 0 bridgehead atoms. The monoisotopic (exact) mass is 359 g/mol. The molecule has 26 heavy (non-hydrogen) atoms. The van der Waals surface area contributed by atoms with Gasteiger partial charge in [-0.15, -0.1) is 0 Å². The predicted molar refractivity (Wildman–Crippen MR) is 102 cm³/mol. The van der Waals surface area contributed by atoms with Crippen LogP contribution in [0.5, 0.6) is 0 Å². The minimum Gasteiger partial charge on any atom is -0.357 e. The van der Waals surface area contributed by atoms with E-state index in [0.717, 1.165) is 63.6 Å². The molecule has 0 unspecified atom stereocenters. The average molecular weight is 359 g/mol. The number of aliphatic imine (C=N–C) groups is 1. The fourth-order valence-electron chi connectivity index (χ4n) is 3.17. The van der Waals surface area contributed by atoms with Crippen LogP contribution in [0.2, 0.25) is 0 Å². The van der Waals surface area contributed by atoms with E-state index in [1.54, 1.807) is 4.68 Å². The minimum absolute atomic E-state index is 0.0282. The van der Waals surface area contributed by atoms with E-state index in [0.29, 0.717) is 13.1 Å². The zero-order valence-electron chi connectivity index (χ0n) is 15.5. The van der Waals surface area contributed by atoms with Crippen LogP contribution in [0.25, 0.3) is 0 Å². The number of fused-ring (bicyclic) bond motifs is 1. The molecule has 1 aliphatic heterocycles. The van der Waals surface area contributed by atoms with Crippen LogP contribution < -0.4 is 16.3 Å². The summed E-state index contributed by atoms with van der Waals surface area (Å²) < 4.78 is 5.55. The largest absolute Gasteiger partial charge is 0.357 e. The van der Waals surface area contributed by atoms with Crippen molar-refractivity contribution in [2.45, 2.75) is 52.2 Å². The first-order valence-electron chi connectivity index (χ1n) is 9.57. The lowest BCUT2D eigenvalue weighted by atomic mass is 10.2. The number of aryl methyl sites for hydroxylation is 2. The molecule has 0 fully saturated rings. The van der Waals surface area contributed by atoms with E-state index in [-0.39, 0.29) is 5.69 Å². The summed E-state index contributed by atoms with van der Waals surface area (Å²) in [4.78, 5) is 16.9. The lowest BCUT2D eigenvalue weighted by Gasteiger charge is -2.11. The second-order valence-electron chi connectivity index (χ2n) is 6.49. The number of rotatable bonds is 8. The summed E-state index contributed by atoms with van der Waals surface area (Å²) in [5.74, 6) is 1.75. The second kappa shape index (κ2) is 9.26. The van der Waals surface area contributed by atoms with Gasteiger partial charge in [-0.3, -0.25) is 9.56 Å². The molecule has 0 amide bonds. The van der Waals surface area contributed by atoms with Gasteiger partial charge in [-0.2, -0.15) is 5.10 Å². The highest BCUT2D eigenvalue weighted by Crippen LogP contribution is 2.09. The van der Waals surface area contributed by atoms with Crippen molar-refractivity contribution < 1.29 is 0 Å². The predicted octanol–water partition coefficient (Wildman–Crippen LogP) is 0.828. The van der Waals surface area contributed by atoms with E-state index in [1.807, 2.05) is 29.1 Å². The maximum Gasteiger partial charge on any atom is 0.345 e. The first-order chi connectivity index (χ1) is 12.8. The zero-order chi connectivity index (χ0) is 18.2. The Hall–Kier alpha value is -2.51. The summed E-state index contributed by atoms with van der Waals surface area (Å²) >= 11 is 0. The first-order valence-corrected chi connectivity index (χ1v) is 9.57. The second-order valence-corrected chi connectivity index (χ2v) is 6.49. The lowest BCUT2D eigenvalue weighted by molar-refractivity contribution is 0.509. The van der Waals surface area contributed by atoms with Crippen molar-refractivity contribution in [3.63, 3.8) is 0 Å². The maximum atomic E-state index is 12.3. The molecule has 0 atom stereocenters. The summed E-state index contributed by atoms with van der Waals surface area (Å²) in [5.41, 5.74) is 0.0282. The van der Waals surface area contributed by atoms with Gasteiger partial charge in [-0.1, -0.05) is 0 Å². The van der Waals surface area contributed by atoms with Crippen molar-refractivity contribution in [3.05, 3.63) is 40.8 Å². The van der Waals surface area contributed by atoms with Crippen LogP contribution in [-0.2, 0) is 26.1 Å². The molecule has 8 heteroatoms. The molecule has 8 nitrogen and oxygen atoms in total. The molecule has 0 saturated carbocycles. The summed E-state index contributed by atoms with van der Waals surface area (Å²) in [6.45, 7) is 6.67. The van der Waals surface area contributed by atoms with Gasteiger partial charge in [0, 0.05) is 58.1 Å². The zero-order valence-corrected chi connectivity index (χ0v) is 15.5. The van der Waals surface area contributed by atoms with Gasteiger partial charge in [-0.05, 0) is 38.3 Å². The third kappa shape index (κ3) is 4.77. The van der Waals surface area contributed by atoms with Gasteiger partial charge >= 0.3 is 5.69 Å². The Morgan fingerprint density at radius 2 is 2.08 bits per heavy atom. The molecule has 3 rings (SSSR count). The van der Waals surface area contributed by atoms with Crippen molar-refractivity contribution in [3.8, 4) is 0 Å². The van der Waals surface area contributed by atoms with Gasteiger partial charge in [-0.25, -0.2) is 9.48 Å². The number of nitrogens with one attached hydrogen (secondary N) is 2. The molecule has 0 spiro atoms. The molecule has 0 aromatic carbocycles. The van der Waals surface area contributed by atoms with Crippen LogP contribution in [0.1, 0.15) is 32.0 Å². The van der Waals surface area contributed by atoms with Crippen LogP contribution in [0, 0.1) is 0 Å². The van der Waals surface area contributed by atoms with E-state index in [9.17, 15) is 4.79 Å². The van der Waals surface area contributed by atoms with E-state index in [1.165, 1.54) is 0 Å². The van der Waals surface area contributed by atoms with Gasteiger partial charge in [0.05, 0.1) is 0 Å². The fraction of sp³-hybridized carbons (Fsp3) is 0.611. The lowest BCUT2D eigenvalue weighted by Crippen LogP contribution is -2.39. The van der Waals surface area contributed by atoms with E-state index < -0.39 is 0 Å². The van der Waals surface area contributed by atoms with Crippen LogP contribution in [0.3, 0.4) is 0 Å². The smallest absolute Gasteiger partial charge is 0.345 e. The highest BCUT2D eigenvalue weighted by molar-refractivity contribution is 5.79. The van der Waals surface area contributed by atoms with Gasteiger partial charge in [0.25, 0.3) is 0 Å². The molecule has 2 N–H and O–H groups in total. The normalized spacial score (nSPS) is 14.3. The summed E-state index contributed by atoms with van der Waals surface area (Å²) in [5, 5.41) is 11.1. The van der Waals surface area contributed by atoms with Crippen molar-refractivity contribution in [1.29, 1.82) is 0 Å². The van der Waals surface area contributed by atoms with Crippen molar-refractivity contribution in [2.24, 2.45) is 4.99 Å². The minimum atomic E-state index is 0.0282. The Labute approximate surface area is 153 Å². The van der Waals surface area contributed by atoms with Crippen molar-refractivity contribution in [1.82, 2.24) is 29.5 Å². The SMILES string of the molecule is CCNC(=NCCCn1nc2n(c1=O)CCCC2)NCCn1cccc1. The fourth-order valence-corrected chi connectivity index (χ4v) is 3.17. The Morgan fingerprint density at radius 1 is 1.23 bits per heavy atom. The molecule has 2 aromatic rings. The highest BCUT2D eigenvalue weighted by Gasteiger charge is 2.15. The van der Waals surface area contributed by atoms with Gasteiger partial charge in [0.15, 0.2) is 5.96 Å². The third-order valence-electron chi connectivity index (χ3n) is 4.50. The molecular weight excluding hydrogens is 330 g/mol. The molecule has 142 valence electrons. The summed E-state index contributed by atoms with van der Waals surface area (Å²) in [6, 6.07) is 4.05. The van der Waals surface area contributed by atoms with Crippen LogP contribution in [-0.4, -0.2) is 44.5 Å². The molecular formula is C18H29N7O. The van der Waals surface area contributed by atoms with E-state index >= 15 is 0 Å².